The fourth-order valence-electron chi connectivity index (χ4n) is 2.91. The highest BCUT2D eigenvalue weighted by Gasteiger charge is 2.38. The summed E-state index contributed by atoms with van der Waals surface area (Å²) < 4.78 is 10.6. The van der Waals surface area contributed by atoms with Gasteiger partial charge in [-0.05, 0) is 17.0 Å². The van der Waals surface area contributed by atoms with Gasteiger partial charge in [0.15, 0.2) is 0 Å². The molecule has 0 aliphatic carbocycles. The highest BCUT2D eigenvalue weighted by Crippen LogP contribution is 2.41. The van der Waals surface area contributed by atoms with E-state index in [1.165, 1.54) is 0 Å². The van der Waals surface area contributed by atoms with E-state index < -0.39 is 0 Å². The lowest BCUT2D eigenvalue weighted by Crippen LogP contribution is -2.47. The summed E-state index contributed by atoms with van der Waals surface area (Å²) in [4.78, 5) is 11.6. The van der Waals surface area contributed by atoms with Gasteiger partial charge >= 0.3 is 6.09 Å². The molecule has 1 aliphatic heterocycles. The molecular weight excluding hydrogens is 266 g/mol. The molecule has 1 aliphatic rings. The lowest BCUT2D eigenvalue weighted by atomic mass is 9.79. The van der Waals surface area contributed by atoms with Crippen LogP contribution in [0, 0.1) is 5.41 Å². The van der Waals surface area contributed by atoms with Gasteiger partial charge in [-0.2, -0.15) is 0 Å². The first kappa shape index (κ1) is 13.7. The van der Waals surface area contributed by atoms with Crippen LogP contribution in [0.3, 0.4) is 0 Å². The molecule has 4 heteroatoms. The summed E-state index contributed by atoms with van der Waals surface area (Å²) >= 11 is 0. The number of carbonyl (C=O) groups is 1. The zero-order chi connectivity index (χ0) is 15.0. The molecule has 2 aromatic carbocycles. The first-order valence-electron chi connectivity index (χ1n) is 7.02. The van der Waals surface area contributed by atoms with Crippen molar-refractivity contribution in [3.8, 4) is 5.75 Å². The molecule has 1 fully saturated rings. The first-order chi connectivity index (χ1) is 10.0. The first-order valence-corrected chi connectivity index (χ1v) is 7.02. The minimum Gasteiger partial charge on any atom is -0.496 e. The third-order valence-corrected chi connectivity index (χ3v) is 4.07. The monoisotopic (exact) mass is 285 g/mol. The molecule has 0 aromatic heterocycles. The van der Waals surface area contributed by atoms with Crippen LogP contribution in [-0.2, 0) is 4.74 Å². The van der Waals surface area contributed by atoms with E-state index in [0.717, 1.165) is 22.1 Å². The maximum atomic E-state index is 11.6. The molecule has 4 nitrogen and oxygen atoms in total. The molecule has 110 valence electrons. The molecule has 1 N–H and O–H groups in total. The largest absolute Gasteiger partial charge is 0.496 e. The molecule has 0 bridgehead atoms. The number of hydrogen-bond donors (Lipinski definition) is 1. The Balaban J connectivity index is 2.18. The van der Waals surface area contributed by atoms with Crippen LogP contribution in [0.1, 0.15) is 25.5 Å². The van der Waals surface area contributed by atoms with E-state index in [0.29, 0.717) is 6.61 Å². The van der Waals surface area contributed by atoms with Gasteiger partial charge in [-0.15, -0.1) is 0 Å². The smallest absolute Gasteiger partial charge is 0.407 e. The SMILES string of the molecule is COc1ccc([C@@H]2NC(=O)OCC2(C)C)c2ccccc12. The maximum Gasteiger partial charge on any atom is 0.407 e. The van der Waals surface area contributed by atoms with E-state index in [1.54, 1.807) is 7.11 Å². The number of cyclic esters (lactones) is 1. The molecule has 0 radical (unpaired) electrons. The molecule has 3 rings (SSSR count). The number of alkyl carbamates (subject to hydrolysis) is 1. The second-order valence-electron chi connectivity index (χ2n) is 6.04. The number of benzene rings is 2. The van der Waals surface area contributed by atoms with Gasteiger partial charge in [0.25, 0.3) is 0 Å². The molecule has 0 unspecified atom stereocenters. The van der Waals surface area contributed by atoms with Gasteiger partial charge in [0.2, 0.25) is 0 Å². The summed E-state index contributed by atoms with van der Waals surface area (Å²) in [5, 5.41) is 5.10. The van der Waals surface area contributed by atoms with Crippen LogP contribution in [0.4, 0.5) is 4.79 Å². The van der Waals surface area contributed by atoms with Gasteiger partial charge < -0.3 is 14.8 Å². The van der Waals surface area contributed by atoms with E-state index in [1.807, 2.05) is 30.3 Å². The minimum absolute atomic E-state index is 0.0884. The average Bonchev–Trinajstić information content (AvgIpc) is 2.49. The van der Waals surface area contributed by atoms with Gasteiger partial charge in [-0.3, -0.25) is 0 Å². The maximum absolute atomic E-state index is 11.6. The average molecular weight is 285 g/mol. The standard InChI is InChI=1S/C17H19NO3/c1-17(2)10-21-16(19)18-15(17)13-8-9-14(20-3)12-7-5-4-6-11(12)13/h4-9,15H,10H2,1-3H3,(H,18,19)/t15-/m0/s1. The lowest BCUT2D eigenvalue weighted by molar-refractivity contribution is 0.0391. The van der Waals surface area contributed by atoms with Crippen LogP contribution in [0.15, 0.2) is 36.4 Å². The Morgan fingerprint density at radius 3 is 2.62 bits per heavy atom. The predicted molar refractivity (Wildman–Crippen MR) is 81.5 cm³/mol. The van der Waals surface area contributed by atoms with Crippen LogP contribution in [0.25, 0.3) is 10.8 Å². The number of fused-ring (bicyclic) bond motifs is 1. The number of methoxy groups -OCH3 is 1. The summed E-state index contributed by atoms with van der Waals surface area (Å²) in [5.74, 6) is 0.838. The van der Waals surface area contributed by atoms with Crippen molar-refractivity contribution in [2.75, 3.05) is 13.7 Å². The highest BCUT2D eigenvalue weighted by molar-refractivity contribution is 5.92. The molecular formula is C17H19NO3. The topological polar surface area (TPSA) is 47.6 Å². The molecule has 21 heavy (non-hydrogen) atoms. The molecule has 0 spiro atoms. The Kier molecular flexibility index (Phi) is 3.24. The molecule has 1 atom stereocenters. The highest BCUT2D eigenvalue weighted by atomic mass is 16.6. The van der Waals surface area contributed by atoms with E-state index >= 15 is 0 Å². The minimum atomic E-state index is -0.362. The van der Waals surface area contributed by atoms with Gasteiger partial charge in [-0.25, -0.2) is 4.79 Å². The van der Waals surface area contributed by atoms with Crippen molar-refractivity contribution < 1.29 is 14.3 Å². The summed E-state index contributed by atoms with van der Waals surface area (Å²) in [7, 11) is 1.67. The van der Waals surface area contributed by atoms with Crippen LogP contribution in [0.2, 0.25) is 0 Å². The van der Waals surface area contributed by atoms with Crippen molar-refractivity contribution in [2.45, 2.75) is 19.9 Å². The Hall–Kier alpha value is -2.23. The fraction of sp³-hybridized carbons (Fsp3) is 0.353. The van der Waals surface area contributed by atoms with Gasteiger partial charge in [-0.1, -0.05) is 44.2 Å². The van der Waals surface area contributed by atoms with Gasteiger partial charge in [0.1, 0.15) is 12.4 Å². The third-order valence-electron chi connectivity index (χ3n) is 4.07. The van der Waals surface area contributed by atoms with Crippen LogP contribution in [0.5, 0.6) is 5.75 Å². The summed E-state index contributed by atoms with van der Waals surface area (Å²) in [6.45, 7) is 4.59. The molecule has 2 aromatic rings. The number of hydrogen-bond acceptors (Lipinski definition) is 3. The van der Waals surface area contributed by atoms with E-state index in [-0.39, 0.29) is 17.6 Å². The zero-order valence-electron chi connectivity index (χ0n) is 12.5. The number of amides is 1. The zero-order valence-corrected chi connectivity index (χ0v) is 12.5. The Morgan fingerprint density at radius 1 is 1.19 bits per heavy atom. The third kappa shape index (κ3) is 2.31. The van der Waals surface area contributed by atoms with E-state index in [2.05, 4.69) is 25.2 Å². The van der Waals surface area contributed by atoms with E-state index in [9.17, 15) is 4.79 Å². The molecule has 0 saturated carbocycles. The number of rotatable bonds is 2. The fourth-order valence-corrected chi connectivity index (χ4v) is 2.91. The van der Waals surface area contributed by atoms with Crippen molar-refractivity contribution in [3.63, 3.8) is 0 Å². The molecule has 1 heterocycles. The van der Waals surface area contributed by atoms with Crippen molar-refractivity contribution in [1.29, 1.82) is 0 Å². The Bertz CT molecular complexity index is 693. The van der Waals surface area contributed by atoms with Crippen LogP contribution in [-0.4, -0.2) is 19.8 Å². The number of ether oxygens (including phenoxy) is 2. The Morgan fingerprint density at radius 2 is 1.90 bits per heavy atom. The second-order valence-corrected chi connectivity index (χ2v) is 6.04. The van der Waals surface area contributed by atoms with Crippen LogP contribution >= 0.6 is 0 Å². The number of nitrogens with one attached hydrogen (secondary N) is 1. The summed E-state index contributed by atoms with van der Waals surface area (Å²) in [5.41, 5.74) is 0.915. The molecule has 1 saturated heterocycles. The summed E-state index contributed by atoms with van der Waals surface area (Å²) in [6.07, 6.45) is -0.362. The van der Waals surface area contributed by atoms with E-state index in [4.69, 9.17) is 9.47 Å². The van der Waals surface area contributed by atoms with Gasteiger partial charge in [0.05, 0.1) is 13.2 Å². The Labute approximate surface area is 124 Å². The normalized spacial score (nSPS) is 20.7. The van der Waals surface area contributed by atoms with Gasteiger partial charge in [0, 0.05) is 10.8 Å². The van der Waals surface area contributed by atoms with Crippen molar-refractivity contribution >= 4 is 16.9 Å². The second kappa shape index (κ2) is 4.95. The van der Waals surface area contributed by atoms with Crippen LogP contribution < -0.4 is 10.1 Å². The lowest BCUT2D eigenvalue weighted by Gasteiger charge is -2.39. The summed E-state index contributed by atoms with van der Waals surface area (Å²) in [6, 6.07) is 12.0. The number of carbonyl (C=O) groups excluding carboxylic acids is 1. The molecule has 1 amide bonds. The van der Waals surface area contributed by atoms with Crippen molar-refractivity contribution in [2.24, 2.45) is 5.41 Å². The quantitative estimate of drug-likeness (QED) is 0.916. The predicted octanol–water partition coefficient (Wildman–Crippen LogP) is 3.66. The van der Waals surface area contributed by atoms with Crippen molar-refractivity contribution in [1.82, 2.24) is 5.32 Å². The van der Waals surface area contributed by atoms with Crippen molar-refractivity contribution in [3.05, 3.63) is 42.0 Å².